The van der Waals surface area contributed by atoms with Gasteiger partial charge in [-0.1, -0.05) is 12.1 Å². The molecule has 0 atom stereocenters. The second-order valence-corrected chi connectivity index (χ2v) is 7.92. The van der Waals surface area contributed by atoms with Crippen molar-refractivity contribution in [3.05, 3.63) is 59.4 Å². The fourth-order valence-corrected chi connectivity index (χ4v) is 4.22. The molecule has 3 aromatic rings. The van der Waals surface area contributed by atoms with Crippen molar-refractivity contribution in [2.45, 2.75) is 13.0 Å². The Balaban J connectivity index is 1.47. The molecule has 5 nitrogen and oxygen atoms in total. The fraction of sp³-hybridized carbons (Fsp3) is 0.300. The van der Waals surface area contributed by atoms with Gasteiger partial charge in [-0.3, -0.25) is 9.69 Å². The Kier molecular flexibility index (Phi) is 5.59. The van der Waals surface area contributed by atoms with E-state index in [1.54, 1.807) is 18.2 Å². The number of anilines is 1. The minimum Gasteiger partial charge on any atom is -0.337 e. The van der Waals surface area contributed by atoms with Gasteiger partial charge in [0.2, 0.25) is 0 Å². The van der Waals surface area contributed by atoms with E-state index < -0.39 is 12.2 Å². The first-order valence-electron chi connectivity index (χ1n) is 9.07. The van der Waals surface area contributed by atoms with Crippen LogP contribution >= 0.6 is 11.8 Å². The highest BCUT2D eigenvalue weighted by atomic mass is 32.2. The number of hydrogen-bond acceptors (Lipinski definition) is 4. The number of carbonyl (C=O) groups excluding carboxylic acids is 1. The number of amides is 1. The number of nitrogens with zero attached hydrogens (tertiary/aromatic N) is 2. The molecule has 0 radical (unpaired) electrons. The molecule has 0 saturated carbocycles. The second-order valence-electron chi connectivity index (χ2n) is 6.70. The zero-order chi connectivity index (χ0) is 19.5. The van der Waals surface area contributed by atoms with Crippen LogP contribution in [0.2, 0.25) is 0 Å². The maximum atomic E-state index is 12.8. The summed E-state index contributed by atoms with van der Waals surface area (Å²) in [6, 6.07) is 12.5. The number of rotatable bonds is 5. The van der Waals surface area contributed by atoms with Crippen LogP contribution in [-0.2, 0) is 6.54 Å². The van der Waals surface area contributed by atoms with Gasteiger partial charge in [0.1, 0.15) is 0 Å². The molecule has 0 bridgehead atoms. The summed E-state index contributed by atoms with van der Waals surface area (Å²) < 4.78 is 25.6. The van der Waals surface area contributed by atoms with Crippen LogP contribution in [0.25, 0.3) is 11.0 Å². The molecule has 1 aliphatic heterocycles. The SMILES string of the molecule is O=C(Nc1cccc(CN2CCSCC2)c1)c1ccc2nc(C(F)F)[nH]c2c1. The molecule has 8 heteroatoms. The Labute approximate surface area is 165 Å². The summed E-state index contributed by atoms with van der Waals surface area (Å²) in [4.78, 5) is 21.4. The summed E-state index contributed by atoms with van der Waals surface area (Å²) in [6.07, 6.45) is -2.68. The summed E-state index contributed by atoms with van der Waals surface area (Å²) in [5.41, 5.74) is 3.07. The van der Waals surface area contributed by atoms with Crippen molar-refractivity contribution in [3.63, 3.8) is 0 Å². The average Bonchev–Trinajstić information content (AvgIpc) is 3.13. The van der Waals surface area contributed by atoms with E-state index in [1.807, 2.05) is 30.0 Å². The summed E-state index contributed by atoms with van der Waals surface area (Å²) in [5, 5.41) is 2.89. The minimum atomic E-state index is -2.68. The van der Waals surface area contributed by atoms with Crippen LogP contribution < -0.4 is 5.32 Å². The Morgan fingerprint density at radius 1 is 1.21 bits per heavy atom. The summed E-state index contributed by atoms with van der Waals surface area (Å²) >= 11 is 1.97. The number of halogens is 2. The molecular weight excluding hydrogens is 382 g/mol. The lowest BCUT2D eigenvalue weighted by Gasteiger charge is -2.26. The number of nitrogens with one attached hydrogen (secondary N) is 2. The predicted molar refractivity (Wildman–Crippen MR) is 108 cm³/mol. The van der Waals surface area contributed by atoms with E-state index in [0.717, 1.165) is 36.7 Å². The molecule has 0 unspecified atom stereocenters. The molecule has 1 saturated heterocycles. The first-order valence-corrected chi connectivity index (χ1v) is 10.2. The van der Waals surface area contributed by atoms with Crippen molar-refractivity contribution in [1.82, 2.24) is 14.9 Å². The fourth-order valence-electron chi connectivity index (χ4n) is 3.24. The number of fused-ring (bicyclic) bond motifs is 1. The average molecular weight is 402 g/mol. The third kappa shape index (κ3) is 4.34. The number of hydrogen-bond donors (Lipinski definition) is 2. The smallest absolute Gasteiger partial charge is 0.295 e. The molecule has 2 aromatic carbocycles. The van der Waals surface area contributed by atoms with Crippen LogP contribution in [0.1, 0.15) is 28.2 Å². The molecule has 0 aliphatic carbocycles. The van der Waals surface area contributed by atoms with Crippen LogP contribution in [0.15, 0.2) is 42.5 Å². The number of alkyl halides is 2. The molecular formula is C20H20F2N4OS. The second kappa shape index (κ2) is 8.28. The van der Waals surface area contributed by atoms with E-state index in [4.69, 9.17) is 0 Å². The summed E-state index contributed by atoms with van der Waals surface area (Å²) in [5.74, 6) is 1.62. The maximum absolute atomic E-state index is 12.8. The number of thioether (sulfide) groups is 1. The lowest BCUT2D eigenvalue weighted by molar-refractivity contribution is 0.102. The standard InChI is InChI=1S/C20H20F2N4OS/c21-18(22)19-24-16-5-4-14(11-17(16)25-19)20(27)23-15-3-1-2-13(10-15)12-26-6-8-28-9-7-26/h1-5,10-11,18H,6-9,12H2,(H,23,27)(H,24,25). The lowest BCUT2D eigenvalue weighted by Crippen LogP contribution is -2.31. The van der Waals surface area contributed by atoms with E-state index in [2.05, 4.69) is 26.3 Å². The highest BCUT2D eigenvalue weighted by molar-refractivity contribution is 7.99. The lowest BCUT2D eigenvalue weighted by atomic mass is 10.1. The van der Waals surface area contributed by atoms with Gasteiger partial charge in [-0.2, -0.15) is 11.8 Å². The molecule has 4 rings (SSSR count). The molecule has 1 aliphatic rings. The maximum Gasteiger partial charge on any atom is 0.295 e. The van der Waals surface area contributed by atoms with E-state index in [-0.39, 0.29) is 5.91 Å². The highest BCUT2D eigenvalue weighted by Gasteiger charge is 2.15. The van der Waals surface area contributed by atoms with E-state index in [0.29, 0.717) is 22.3 Å². The van der Waals surface area contributed by atoms with Gasteiger partial charge in [-0.15, -0.1) is 0 Å². The van der Waals surface area contributed by atoms with Crippen LogP contribution in [-0.4, -0.2) is 45.4 Å². The third-order valence-electron chi connectivity index (χ3n) is 4.66. The highest BCUT2D eigenvalue weighted by Crippen LogP contribution is 2.21. The molecule has 1 aromatic heterocycles. The van der Waals surface area contributed by atoms with Crippen molar-refractivity contribution in [2.75, 3.05) is 29.9 Å². The van der Waals surface area contributed by atoms with Crippen molar-refractivity contribution < 1.29 is 13.6 Å². The molecule has 146 valence electrons. The van der Waals surface area contributed by atoms with E-state index >= 15 is 0 Å². The molecule has 28 heavy (non-hydrogen) atoms. The van der Waals surface area contributed by atoms with Crippen LogP contribution in [0.5, 0.6) is 0 Å². The monoisotopic (exact) mass is 402 g/mol. The largest absolute Gasteiger partial charge is 0.337 e. The zero-order valence-electron chi connectivity index (χ0n) is 15.1. The van der Waals surface area contributed by atoms with Gasteiger partial charge in [0.05, 0.1) is 11.0 Å². The van der Waals surface area contributed by atoms with Gasteiger partial charge in [-0.05, 0) is 35.9 Å². The Morgan fingerprint density at radius 2 is 2.04 bits per heavy atom. The van der Waals surface area contributed by atoms with Gasteiger partial charge in [-0.25, -0.2) is 13.8 Å². The summed E-state index contributed by atoms with van der Waals surface area (Å²) in [6.45, 7) is 3.01. The molecule has 1 amide bonds. The zero-order valence-corrected chi connectivity index (χ0v) is 15.9. The van der Waals surface area contributed by atoms with Crippen LogP contribution in [0.4, 0.5) is 14.5 Å². The summed E-state index contributed by atoms with van der Waals surface area (Å²) in [7, 11) is 0. The van der Waals surface area contributed by atoms with Gasteiger partial charge in [0.25, 0.3) is 12.3 Å². The van der Waals surface area contributed by atoms with E-state index in [1.165, 1.54) is 0 Å². The predicted octanol–water partition coefficient (Wildman–Crippen LogP) is 4.30. The number of H-pyrrole nitrogens is 1. The number of benzene rings is 2. The first kappa shape index (κ1) is 18.9. The number of aromatic nitrogens is 2. The van der Waals surface area contributed by atoms with Gasteiger partial charge in [0, 0.05) is 42.4 Å². The third-order valence-corrected chi connectivity index (χ3v) is 5.61. The van der Waals surface area contributed by atoms with Crippen LogP contribution in [0.3, 0.4) is 0 Å². The Bertz CT molecular complexity index is 985. The number of imidazole rings is 1. The van der Waals surface area contributed by atoms with Gasteiger partial charge >= 0.3 is 0 Å². The Morgan fingerprint density at radius 3 is 2.82 bits per heavy atom. The number of aromatic amines is 1. The molecule has 2 heterocycles. The van der Waals surface area contributed by atoms with Crippen molar-refractivity contribution in [3.8, 4) is 0 Å². The number of carbonyl (C=O) groups is 1. The quantitative estimate of drug-likeness (QED) is 0.668. The van der Waals surface area contributed by atoms with Crippen molar-refractivity contribution in [2.24, 2.45) is 0 Å². The molecule has 2 N–H and O–H groups in total. The normalized spacial score (nSPS) is 15.2. The van der Waals surface area contributed by atoms with Crippen molar-refractivity contribution >= 4 is 34.4 Å². The van der Waals surface area contributed by atoms with Crippen LogP contribution in [0, 0.1) is 0 Å². The molecule has 0 spiro atoms. The molecule has 1 fully saturated rings. The Hall–Kier alpha value is -2.45. The van der Waals surface area contributed by atoms with Gasteiger partial charge < -0.3 is 10.3 Å². The minimum absolute atomic E-state index is 0.290. The van der Waals surface area contributed by atoms with Gasteiger partial charge in [0.15, 0.2) is 5.82 Å². The van der Waals surface area contributed by atoms with Crippen molar-refractivity contribution in [1.29, 1.82) is 0 Å². The first-order chi connectivity index (χ1) is 13.6. The van der Waals surface area contributed by atoms with E-state index in [9.17, 15) is 13.6 Å². The topological polar surface area (TPSA) is 61.0 Å².